The molecule has 1 aromatic rings. The van der Waals surface area contributed by atoms with Crippen LogP contribution in [-0.2, 0) is 0 Å². The topological polar surface area (TPSA) is 23.6 Å². The molecule has 112 valence electrons. The van der Waals surface area contributed by atoms with Crippen molar-refractivity contribution in [3.63, 3.8) is 0 Å². The molecule has 20 heavy (non-hydrogen) atoms. The zero-order valence-electron chi connectivity index (χ0n) is 12.4. The van der Waals surface area contributed by atoms with Crippen molar-refractivity contribution in [2.24, 2.45) is 0 Å². The maximum absolute atomic E-state index is 12.2. The number of thiophene rings is 1. The summed E-state index contributed by atoms with van der Waals surface area (Å²) in [5, 5.41) is 0. The van der Waals surface area contributed by atoms with Crippen molar-refractivity contribution >= 4 is 28.9 Å². The van der Waals surface area contributed by atoms with Crippen molar-refractivity contribution in [2.75, 3.05) is 45.5 Å². The predicted molar refractivity (Wildman–Crippen MR) is 88.2 cm³/mol. The van der Waals surface area contributed by atoms with Crippen molar-refractivity contribution in [1.82, 2.24) is 9.80 Å². The van der Waals surface area contributed by atoms with Crippen LogP contribution in [0.25, 0.3) is 0 Å². The molecule has 0 amide bonds. The Labute approximate surface area is 130 Å². The van der Waals surface area contributed by atoms with Gasteiger partial charge in [-0.3, -0.25) is 4.79 Å². The molecule has 1 aromatic heterocycles. The van der Waals surface area contributed by atoms with Crippen molar-refractivity contribution in [2.45, 2.75) is 24.0 Å². The molecule has 0 saturated carbocycles. The lowest BCUT2D eigenvalue weighted by atomic mass is 10.2. The number of nitrogens with zero attached hydrogens (tertiary/aromatic N) is 2. The molecule has 0 atom stereocenters. The quantitative estimate of drug-likeness (QED) is 0.570. The van der Waals surface area contributed by atoms with Crippen LogP contribution in [0, 0.1) is 0 Å². The molecular weight excluding hydrogens is 288 g/mol. The zero-order valence-corrected chi connectivity index (χ0v) is 14.1. The zero-order chi connectivity index (χ0) is 14.4. The van der Waals surface area contributed by atoms with E-state index >= 15 is 0 Å². The summed E-state index contributed by atoms with van der Waals surface area (Å²) in [7, 11) is 2.16. The highest BCUT2D eigenvalue weighted by molar-refractivity contribution is 8.01. The summed E-state index contributed by atoms with van der Waals surface area (Å²) in [6.07, 6.45) is 1.83. The van der Waals surface area contributed by atoms with E-state index in [2.05, 4.69) is 29.8 Å². The Hall–Kier alpha value is -0.360. The minimum Gasteiger partial charge on any atom is -0.304 e. The molecule has 1 aliphatic heterocycles. The average molecular weight is 313 g/mol. The van der Waals surface area contributed by atoms with Crippen molar-refractivity contribution < 1.29 is 4.79 Å². The van der Waals surface area contributed by atoms with Crippen LogP contribution in [0.1, 0.15) is 29.4 Å². The number of carbonyl (C=O) groups excluding carboxylic acids is 1. The minimum atomic E-state index is 0.303. The van der Waals surface area contributed by atoms with Gasteiger partial charge in [-0.2, -0.15) is 0 Å². The Balaban J connectivity index is 1.75. The molecular formula is C15H24N2OS2. The summed E-state index contributed by atoms with van der Waals surface area (Å²) in [5.74, 6) is 1.44. The molecule has 2 heterocycles. The monoisotopic (exact) mass is 312 g/mol. The molecule has 2 rings (SSSR count). The van der Waals surface area contributed by atoms with E-state index in [0.29, 0.717) is 12.2 Å². The third-order valence-electron chi connectivity index (χ3n) is 3.56. The van der Waals surface area contributed by atoms with Crippen LogP contribution in [-0.4, -0.2) is 61.1 Å². The van der Waals surface area contributed by atoms with Crippen LogP contribution in [0.3, 0.4) is 0 Å². The van der Waals surface area contributed by atoms with Gasteiger partial charge in [0.15, 0.2) is 5.78 Å². The standard InChI is InChI=1S/C15H24N2OS2/c1-3-12-19-15-5-4-14(20-15)13(18)6-7-17-10-8-16(2)9-11-17/h4-5H,3,6-12H2,1-2H3. The fourth-order valence-corrected chi connectivity index (χ4v) is 4.23. The van der Waals surface area contributed by atoms with E-state index in [4.69, 9.17) is 0 Å². The molecule has 0 N–H and O–H groups in total. The van der Waals surface area contributed by atoms with Crippen LogP contribution in [0.5, 0.6) is 0 Å². The number of piperazine rings is 1. The first-order chi connectivity index (χ1) is 9.69. The Morgan fingerprint density at radius 3 is 2.75 bits per heavy atom. The Morgan fingerprint density at radius 1 is 1.30 bits per heavy atom. The van der Waals surface area contributed by atoms with Crippen LogP contribution >= 0.6 is 23.1 Å². The van der Waals surface area contributed by atoms with Gasteiger partial charge >= 0.3 is 0 Å². The summed E-state index contributed by atoms with van der Waals surface area (Å²) in [5.41, 5.74) is 0. The minimum absolute atomic E-state index is 0.303. The number of hydrogen-bond donors (Lipinski definition) is 0. The number of ketones is 1. The number of Topliss-reactive ketones (excluding diaryl/α,β-unsaturated/α-hetero) is 1. The first kappa shape index (κ1) is 16.0. The number of likely N-dealkylation sites (N-methyl/N-ethyl adjacent to an activating group) is 1. The Kier molecular flexibility index (Phi) is 6.55. The van der Waals surface area contributed by atoms with Crippen LogP contribution in [0.15, 0.2) is 16.3 Å². The predicted octanol–water partition coefficient (Wildman–Crippen LogP) is 3.07. The number of hydrogen-bond acceptors (Lipinski definition) is 5. The molecule has 1 saturated heterocycles. The second kappa shape index (κ2) is 8.17. The lowest BCUT2D eigenvalue weighted by Gasteiger charge is -2.32. The highest BCUT2D eigenvalue weighted by Crippen LogP contribution is 2.28. The van der Waals surface area contributed by atoms with E-state index in [9.17, 15) is 4.79 Å². The fourth-order valence-electron chi connectivity index (χ4n) is 2.20. The molecule has 0 aliphatic carbocycles. The van der Waals surface area contributed by atoms with E-state index in [1.54, 1.807) is 11.3 Å². The molecule has 0 aromatic carbocycles. The highest BCUT2D eigenvalue weighted by atomic mass is 32.2. The SMILES string of the molecule is CCCSc1ccc(C(=O)CCN2CCN(C)CC2)s1. The van der Waals surface area contributed by atoms with Gasteiger partial charge in [0.05, 0.1) is 9.09 Å². The van der Waals surface area contributed by atoms with Gasteiger partial charge < -0.3 is 9.80 Å². The molecule has 1 aliphatic rings. The lowest BCUT2D eigenvalue weighted by Crippen LogP contribution is -2.44. The Bertz CT molecular complexity index is 425. The molecule has 5 heteroatoms. The van der Waals surface area contributed by atoms with Gasteiger partial charge in [0.25, 0.3) is 0 Å². The third kappa shape index (κ3) is 4.88. The fraction of sp³-hybridized carbons (Fsp3) is 0.667. The summed E-state index contributed by atoms with van der Waals surface area (Å²) in [6, 6.07) is 4.09. The van der Waals surface area contributed by atoms with Gasteiger partial charge in [-0.15, -0.1) is 23.1 Å². The highest BCUT2D eigenvalue weighted by Gasteiger charge is 2.16. The van der Waals surface area contributed by atoms with E-state index in [-0.39, 0.29) is 0 Å². The second-order valence-electron chi connectivity index (χ2n) is 5.29. The average Bonchev–Trinajstić information content (AvgIpc) is 2.93. The molecule has 0 bridgehead atoms. The van der Waals surface area contributed by atoms with Gasteiger partial charge in [0, 0.05) is 39.1 Å². The number of thioether (sulfide) groups is 1. The van der Waals surface area contributed by atoms with Crippen LogP contribution in [0.2, 0.25) is 0 Å². The third-order valence-corrected chi connectivity index (χ3v) is 6.11. The van der Waals surface area contributed by atoms with Gasteiger partial charge in [-0.1, -0.05) is 6.92 Å². The molecule has 0 spiro atoms. The van der Waals surface area contributed by atoms with Crippen molar-refractivity contribution in [1.29, 1.82) is 0 Å². The second-order valence-corrected chi connectivity index (χ2v) is 7.76. The van der Waals surface area contributed by atoms with Gasteiger partial charge in [-0.25, -0.2) is 0 Å². The molecule has 3 nitrogen and oxygen atoms in total. The first-order valence-corrected chi connectivity index (χ1v) is 9.16. The van der Waals surface area contributed by atoms with E-state index in [1.165, 1.54) is 10.6 Å². The summed E-state index contributed by atoms with van der Waals surface area (Å²) < 4.78 is 1.27. The smallest absolute Gasteiger partial charge is 0.174 e. The maximum Gasteiger partial charge on any atom is 0.174 e. The van der Waals surface area contributed by atoms with E-state index in [0.717, 1.165) is 43.4 Å². The van der Waals surface area contributed by atoms with Gasteiger partial charge in [0.1, 0.15) is 0 Å². The molecule has 1 fully saturated rings. The molecule has 0 unspecified atom stereocenters. The summed E-state index contributed by atoms with van der Waals surface area (Å²) in [4.78, 5) is 17.9. The summed E-state index contributed by atoms with van der Waals surface area (Å²) >= 11 is 3.51. The van der Waals surface area contributed by atoms with E-state index in [1.807, 2.05) is 17.8 Å². The van der Waals surface area contributed by atoms with Gasteiger partial charge in [-0.05, 0) is 31.4 Å². The van der Waals surface area contributed by atoms with Gasteiger partial charge in [0.2, 0.25) is 0 Å². The van der Waals surface area contributed by atoms with Crippen LogP contribution < -0.4 is 0 Å². The van der Waals surface area contributed by atoms with Crippen LogP contribution in [0.4, 0.5) is 0 Å². The Morgan fingerprint density at radius 2 is 2.05 bits per heavy atom. The van der Waals surface area contributed by atoms with Crippen molar-refractivity contribution in [3.05, 3.63) is 17.0 Å². The largest absolute Gasteiger partial charge is 0.304 e. The van der Waals surface area contributed by atoms with E-state index < -0.39 is 0 Å². The summed E-state index contributed by atoms with van der Waals surface area (Å²) in [6.45, 7) is 7.50. The van der Waals surface area contributed by atoms with Crippen molar-refractivity contribution in [3.8, 4) is 0 Å². The lowest BCUT2D eigenvalue weighted by molar-refractivity contribution is 0.0945. The number of rotatable bonds is 7. The first-order valence-electron chi connectivity index (χ1n) is 7.35. The normalized spacial score (nSPS) is 17.5. The maximum atomic E-state index is 12.2. The molecule has 0 radical (unpaired) electrons. The number of carbonyl (C=O) groups is 1.